The minimum Gasteiger partial charge on any atom is -0.490 e. The van der Waals surface area contributed by atoms with Gasteiger partial charge in [-0.15, -0.1) is 0 Å². The van der Waals surface area contributed by atoms with Crippen LogP contribution in [0.3, 0.4) is 0 Å². The number of aryl methyl sites for hydroxylation is 1. The van der Waals surface area contributed by atoms with Gasteiger partial charge in [0.25, 0.3) is 11.6 Å². The zero-order chi connectivity index (χ0) is 24.1. The van der Waals surface area contributed by atoms with Crippen molar-refractivity contribution in [1.82, 2.24) is 0 Å². The zero-order valence-electron chi connectivity index (χ0n) is 18.2. The highest BCUT2D eigenvalue weighted by Crippen LogP contribution is 2.37. The third-order valence-electron chi connectivity index (χ3n) is 4.91. The van der Waals surface area contributed by atoms with Gasteiger partial charge in [-0.05, 0) is 48.9 Å². The van der Waals surface area contributed by atoms with Crippen molar-refractivity contribution >= 4 is 51.7 Å². The minimum absolute atomic E-state index is 0.101. The van der Waals surface area contributed by atoms with Crippen LogP contribution in [0.25, 0.3) is 6.08 Å². The summed E-state index contributed by atoms with van der Waals surface area (Å²) in [5.74, 6) is 1.17. The van der Waals surface area contributed by atoms with Gasteiger partial charge in [-0.25, -0.2) is 0 Å². The van der Waals surface area contributed by atoms with Crippen molar-refractivity contribution in [2.45, 2.75) is 6.92 Å². The van der Waals surface area contributed by atoms with Crippen LogP contribution in [0.4, 0.5) is 11.4 Å². The van der Waals surface area contributed by atoms with Crippen molar-refractivity contribution in [1.29, 1.82) is 0 Å². The van der Waals surface area contributed by atoms with Crippen molar-refractivity contribution < 1.29 is 19.2 Å². The number of rotatable bonds is 8. The van der Waals surface area contributed by atoms with Gasteiger partial charge in [0.05, 0.1) is 15.5 Å². The molecular formula is C25H20N2O5S2. The van der Waals surface area contributed by atoms with E-state index in [2.05, 4.69) is 0 Å². The van der Waals surface area contributed by atoms with E-state index in [1.54, 1.807) is 12.1 Å². The van der Waals surface area contributed by atoms with Gasteiger partial charge >= 0.3 is 0 Å². The summed E-state index contributed by atoms with van der Waals surface area (Å²) >= 11 is 6.51. The van der Waals surface area contributed by atoms with Gasteiger partial charge in [0, 0.05) is 12.1 Å². The highest BCUT2D eigenvalue weighted by Gasteiger charge is 2.33. The molecule has 3 aromatic rings. The molecule has 1 saturated heterocycles. The van der Waals surface area contributed by atoms with E-state index in [-0.39, 0.29) is 11.6 Å². The van der Waals surface area contributed by atoms with E-state index < -0.39 is 4.92 Å². The summed E-state index contributed by atoms with van der Waals surface area (Å²) in [5.41, 5.74) is 2.25. The molecule has 0 aromatic heterocycles. The van der Waals surface area contributed by atoms with E-state index in [9.17, 15) is 14.9 Å². The lowest BCUT2D eigenvalue weighted by Crippen LogP contribution is -2.27. The molecule has 1 fully saturated rings. The number of nitro groups is 1. The highest BCUT2D eigenvalue weighted by molar-refractivity contribution is 8.27. The zero-order valence-corrected chi connectivity index (χ0v) is 19.8. The molecule has 0 radical (unpaired) electrons. The molecule has 9 heteroatoms. The molecule has 0 unspecified atom stereocenters. The molecule has 0 bridgehead atoms. The number of hydrogen-bond donors (Lipinski definition) is 0. The van der Waals surface area contributed by atoms with E-state index in [1.165, 1.54) is 28.7 Å². The molecule has 172 valence electrons. The normalized spacial score (nSPS) is 14.5. The summed E-state index contributed by atoms with van der Waals surface area (Å²) in [6.07, 6.45) is 1.74. The number of ether oxygens (including phenoxy) is 2. The van der Waals surface area contributed by atoms with E-state index in [4.69, 9.17) is 21.7 Å². The average Bonchev–Trinajstić information content (AvgIpc) is 3.11. The Hall–Kier alpha value is -3.69. The van der Waals surface area contributed by atoms with Crippen LogP contribution in [0, 0.1) is 17.0 Å². The Bertz CT molecular complexity index is 1260. The molecule has 34 heavy (non-hydrogen) atoms. The molecule has 0 spiro atoms. The molecule has 7 nitrogen and oxygen atoms in total. The average molecular weight is 493 g/mol. The Labute approximate surface area is 206 Å². The van der Waals surface area contributed by atoms with Gasteiger partial charge in [-0.1, -0.05) is 59.9 Å². The Morgan fingerprint density at radius 1 is 1.00 bits per heavy atom. The minimum atomic E-state index is -0.505. The van der Waals surface area contributed by atoms with Crippen LogP contribution in [0.15, 0.2) is 77.7 Å². The fraction of sp³-hybridized carbons (Fsp3) is 0.120. The Morgan fingerprint density at radius 2 is 1.62 bits per heavy atom. The maximum absolute atomic E-state index is 12.9. The summed E-state index contributed by atoms with van der Waals surface area (Å²) in [6, 6.07) is 21.0. The van der Waals surface area contributed by atoms with Crippen LogP contribution in [0.5, 0.6) is 11.5 Å². The molecule has 3 aromatic carbocycles. The third-order valence-corrected chi connectivity index (χ3v) is 6.21. The summed E-state index contributed by atoms with van der Waals surface area (Å²) in [7, 11) is 0. The van der Waals surface area contributed by atoms with E-state index in [0.717, 1.165) is 23.1 Å². The van der Waals surface area contributed by atoms with E-state index in [1.807, 2.05) is 55.5 Å². The van der Waals surface area contributed by atoms with Gasteiger partial charge < -0.3 is 9.47 Å². The Kier molecular flexibility index (Phi) is 7.24. The molecule has 1 heterocycles. The topological polar surface area (TPSA) is 81.9 Å². The van der Waals surface area contributed by atoms with Crippen molar-refractivity contribution in [3.8, 4) is 11.5 Å². The van der Waals surface area contributed by atoms with Gasteiger partial charge in [0.1, 0.15) is 24.7 Å². The molecule has 0 saturated carbocycles. The molecule has 0 atom stereocenters. The molecule has 1 aliphatic rings. The first-order chi connectivity index (χ1) is 16.4. The quantitative estimate of drug-likeness (QED) is 0.130. The number of thioether (sulfide) groups is 1. The van der Waals surface area contributed by atoms with Crippen LogP contribution >= 0.6 is 24.0 Å². The van der Waals surface area contributed by atoms with Crippen LogP contribution in [0.2, 0.25) is 0 Å². The number of carbonyl (C=O) groups excluding carboxylic acids is 1. The Morgan fingerprint density at radius 3 is 2.24 bits per heavy atom. The maximum atomic E-state index is 12.9. The number of hydrogen-bond acceptors (Lipinski definition) is 7. The number of thiocarbonyl (C=S) groups is 1. The fourth-order valence-corrected chi connectivity index (χ4v) is 4.50. The standard InChI is InChI=1S/C25H20N2O5S2/c1-17-5-9-21(10-6-17)31-13-14-32-22-11-7-18(8-12-22)15-23-24(28)26(25(33)34-23)19-3-2-4-20(16-19)27(29)30/h2-12,15-16H,13-14H2,1H3. The summed E-state index contributed by atoms with van der Waals surface area (Å²) < 4.78 is 11.7. The molecule has 1 amide bonds. The number of carbonyl (C=O) groups is 1. The second kappa shape index (κ2) is 10.5. The maximum Gasteiger partial charge on any atom is 0.271 e. The number of benzene rings is 3. The van der Waals surface area contributed by atoms with E-state index >= 15 is 0 Å². The number of nitrogens with zero attached hydrogens (tertiary/aromatic N) is 2. The number of anilines is 1. The van der Waals surface area contributed by atoms with Gasteiger partial charge in [0.15, 0.2) is 4.32 Å². The number of amides is 1. The predicted octanol–water partition coefficient (Wildman–Crippen LogP) is 5.77. The van der Waals surface area contributed by atoms with Crippen molar-refractivity contribution in [3.05, 3.63) is 98.9 Å². The van der Waals surface area contributed by atoms with Crippen LogP contribution in [0.1, 0.15) is 11.1 Å². The lowest BCUT2D eigenvalue weighted by atomic mass is 10.2. The fourth-order valence-electron chi connectivity index (χ4n) is 3.20. The molecular weight excluding hydrogens is 472 g/mol. The first-order valence-corrected chi connectivity index (χ1v) is 11.6. The second-order valence-corrected chi connectivity index (χ2v) is 9.05. The van der Waals surface area contributed by atoms with Gasteiger partial charge in [-0.3, -0.25) is 19.8 Å². The smallest absolute Gasteiger partial charge is 0.271 e. The van der Waals surface area contributed by atoms with Crippen LogP contribution in [-0.2, 0) is 4.79 Å². The highest BCUT2D eigenvalue weighted by atomic mass is 32.2. The number of non-ortho nitro benzene ring substituents is 1. The SMILES string of the molecule is Cc1ccc(OCCOc2ccc(C=C3SC(=S)N(c4cccc([N+](=O)[O-])c4)C3=O)cc2)cc1. The molecule has 4 rings (SSSR count). The lowest BCUT2D eigenvalue weighted by molar-refractivity contribution is -0.384. The molecule has 1 aliphatic heterocycles. The number of nitro benzene ring substituents is 1. The summed E-state index contributed by atoms with van der Waals surface area (Å²) in [6.45, 7) is 2.84. The molecule has 0 N–H and O–H groups in total. The molecule has 0 aliphatic carbocycles. The Balaban J connectivity index is 1.36. The monoisotopic (exact) mass is 492 g/mol. The van der Waals surface area contributed by atoms with Gasteiger partial charge in [0.2, 0.25) is 0 Å². The third kappa shape index (κ3) is 5.62. The van der Waals surface area contributed by atoms with Gasteiger partial charge in [-0.2, -0.15) is 0 Å². The lowest BCUT2D eigenvalue weighted by Gasteiger charge is -2.13. The second-order valence-electron chi connectivity index (χ2n) is 7.37. The largest absolute Gasteiger partial charge is 0.490 e. The van der Waals surface area contributed by atoms with Crippen molar-refractivity contribution in [2.75, 3.05) is 18.1 Å². The first kappa shape index (κ1) is 23.5. The first-order valence-electron chi connectivity index (χ1n) is 10.4. The van der Waals surface area contributed by atoms with Crippen LogP contribution < -0.4 is 14.4 Å². The summed E-state index contributed by atoms with van der Waals surface area (Å²) in [4.78, 5) is 25.2. The van der Waals surface area contributed by atoms with E-state index in [0.29, 0.717) is 33.9 Å². The van der Waals surface area contributed by atoms with Crippen molar-refractivity contribution in [3.63, 3.8) is 0 Å². The summed E-state index contributed by atoms with van der Waals surface area (Å²) in [5, 5.41) is 11.1. The van der Waals surface area contributed by atoms with Crippen LogP contribution in [-0.4, -0.2) is 28.4 Å². The predicted molar refractivity (Wildman–Crippen MR) is 137 cm³/mol. The van der Waals surface area contributed by atoms with Crippen molar-refractivity contribution in [2.24, 2.45) is 0 Å².